The maximum atomic E-state index is 14.1. The third kappa shape index (κ3) is 10.1. The Morgan fingerprint density at radius 2 is 1.76 bits per heavy atom. The second-order valence-corrected chi connectivity index (χ2v) is 15.3. The van der Waals surface area contributed by atoms with Gasteiger partial charge in [0, 0.05) is 59.5 Å². The summed E-state index contributed by atoms with van der Waals surface area (Å²) in [6.07, 6.45) is -1.68. The molecule has 2 atom stereocenters. The van der Waals surface area contributed by atoms with Gasteiger partial charge in [-0.05, 0) is 89.8 Å². The second-order valence-electron chi connectivity index (χ2n) is 14.4. The third-order valence-electron chi connectivity index (χ3n) is 8.24. The molecule has 0 saturated carbocycles. The van der Waals surface area contributed by atoms with Crippen molar-refractivity contribution in [3.8, 4) is 0 Å². The zero-order chi connectivity index (χ0) is 36.3. The topological polar surface area (TPSA) is 128 Å². The summed E-state index contributed by atoms with van der Waals surface area (Å²) in [4.78, 5) is 28.7. The molecule has 49 heavy (non-hydrogen) atoms. The molecule has 0 aromatic heterocycles. The number of alkyl halides is 3. The summed E-state index contributed by atoms with van der Waals surface area (Å²) >= 11 is 0. The highest BCUT2D eigenvalue weighted by atomic mass is 32.2. The first-order chi connectivity index (χ1) is 22.7. The van der Waals surface area contributed by atoms with Crippen molar-refractivity contribution in [2.24, 2.45) is 0 Å². The minimum absolute atomic E-state index is 0.0213. The standard InChI is InChI=1S/C36H45F3N4O5S/c1-22(44)20-40-35(5,6)19-32(45)41-29-15-12-24-18-25(36(37,38)39)13-16-30(24)43(33(29)46)21-23-11-14-27(31(17-23)49(47)48)26-9-7-8-10-28(26)42-34(2,3)4/h7-11,13-14,16,18,22,29,40,42,44H,12,15,17,19-21H2,1-6H3,(H,41,45)/t22-,29-/m1/s1. The average molecular weight is 703 g/mol. The molecule has 9 nitrogen and oxygen atoms in total. The summed E-state index contributed by atoms with van der Waals surface area (Å²) in [5, 5.41) is 18.9. The van der Waals surface area contributed by atoms with Crippen LogP contribution >= 0.6 is 0 Å². The van der Waals surface area contributed by atoms with Gasteiger partial charge in [-0.3, -0.25) is 9.59 Å². The quantitative estimate of drug-likeness (QED) is 0.248. The van der Waals surface area contributed by atoms with Gasteiger partial charge in [0.05, 0.1) is 16.5 Å². The number of hydrogen-bond donors (Lipinski definition) is 4. The lowest BCUT2D eigenvalue weighted by Gasteiger charge is -2.30. The number of anilines is 2. The van der Waals surface area contributed by atoms with E-state index in [2.05, 4.69) is 16.0 Å². The van der Waals surface area contributed by atoms with Crippen molar-refractivity contribution in [3.63, 3.8) is 0 Å². The number of aliphatic hydroxyl groups is 1. The zero-order valence-electron chi connectivity index (χ0n) is 28.7. The van der Waals surface area contributed by atoms with E-state index in [4.69, 9.17) is 0 Å². The number of allylic oxidation sites excluding steroid dienone is 3. The lowest BCUT2D eigenvalue weighted by Crippen LogP contribution is -2.51. The fraction of sp³-hybridized carbons (Fsp3) is 0.472. The molecule has 0 spiro atoms. The smallest absolute Gasteiger partial charge is 0.392 e. The Kier molecular flexibility index (Phi) is 11.5. The molecule has 2 aromatic carbocycles. The van der Waals surface area contributed by atoms with Crippen molar-refractivity contribution in [1.29, 1.82) is 0 Å². The predicted molar refractivity (Wildman–Crippen MR) is 187 cm³/mol. The molecule has 0 unspecified atom stereocenters. The van der Waals surface area contributed by atoms with Gasteiger partial charge in [0.1, 0.15) is 6.04 Å². The Morgan fingerprint density at radius 1 is 1.06 bits per heavy atom. The van der Waals surface area contributed by atoms with Crippen LogP contribution in [0.5, 0.6) is 0 Å². The fourth-order valence-electron chi connectivity index (χ4n) is 5.97. The lowest BCUT2D eigenvalue weighted by molar-refractivity contribution is -0.137. The molecule has 1 heterocycles. The van der Waals surface area contributed by atoms with E-state index < -0.39 is 51.5 Å². The first-order valence-corrected chi connectivity index (χ1v) is 17.3. The van der Waals surface area contributed by atoms with Crippen molar-refractivity contribution in [2.75, 3.05) is 23.3 Å². The maximum Gasteiger partial charge on any atom is 0.416 e. The summed E-state index contributed by atoms with van der Waals surface area (Å²) in [6.45, 7) is 11.3. The molecule has 1 aliphatic heterocycles. The summed E-state index contributed by atoms with van der Waals surface area (Å²) in [5.41, 5.74) is 1.20. The van der Waals surface area contributed by atoms with Gasteiger partial charge in [-0.15, -0.1) is 0 Å². The summed E-state index contributed by atoms with van der Waals surface area (Å²) in [5.74, 6) is -0.950. The van der Waals surface area contributed by atoms with Gasteiger partial charge >= 0.3 is 6.18 Å². The van der Waals surface area contributed by atoms with Crippen LogP contribution in [-0.4, -0.2) is 66.5 Å². The minimum Gasteiger partial charge on any atom is -0.392 e. The molecule has 0 fully saturated rings. The molecule has 266 valence electrons. The molecule has 2 aromatic rings. The van der Waals surface area contributed by atoms with Crippen LogP contribution in [0.25, 0.3) is 5.57 Å². The predicted octanol–water partition coefficient (Wildman–Crippen LogP) is 5.28. The number of amides is 2. The number of nitrogens with one attached hydrogen (secondary N) is 3. The zero-order valence-corrected chi connectivity index (χ0v) is 29.5. The second kappa shape index (κ2) is 14.9. The van der Waals surface area contributed by atoms with E-state index in [-0.39, 0.29) is 54.9 Å². The van der Waals surface area contributed by atoms with Gasteiger partial charge in [0.15, 0.2) is 0 Å². The number of β-amino-alcohol motifs (C(OH)–C–C–N with tert-alkyl or cyclic N) is 1. The van der Waals surface area contributed by atoms with Crippen molar-refractivity contribution >= 4 is 43.9 Å². The van der Waals surface area contributed by atoms with Crippen molar-refractivity contribution in [1.82, 2.24) is 10.6 Å². The highest BCUT2D eigenvalue weighted by Gasteiger charge is 2.36. The summed E-state index contributed by atoms with van der Waals surface area (Å²) < 4.78 is 66.3. The number of hydrogen-bond acceptors (Lipinski definition) is 7. The average Bonchev–Trinajstić information content (AvgIpc) is 3.11. The van der Waals surface area contributed by atoms with Crippen molar-refractivity contribution in [3.05, 3.63) is 76.9 Å². The number of fused-ring (bicyclic) bond motifs is 1. The van der Waals surface area contributed by atoms with Gasteiger partial charge in [-0.2, -0.15) is 21.6 Å². The van der Waals surface area contributed by atoms with Crippen LogP contribution in [0.3, 0.4) is 0 Å². The van der Waals surface area contributed by atoms with E-state index in [9.17, 15) is 36.3 Å². The van der Waals surface area contributed by atoms with Gasteiger partial charge in [0.25, 0.3) is 0 Å². The molecule has 2 aliphatic rings. The van der Waals surface area contributed by atoms with E-state index >= 15 is 0 Å². The molecule has 13 heteroatoms. The third-order valence-corrected chi connectivity index (χ3v) is 9.01. The molecule has 4 rings (SSSR count). The molecular formula is C36H45F3N4O5S. The monoisotopic (exact) mass is 702 g/mol. The number of aliphatic hydroxyl groups excluding tert-OH is 1. The Hall–Kier alpha value is -3.94. The van der Waals surface area contributed by atoms with Crippen LogP contribution in [0.2, 0.25) is 0 Å². The van der Waals surface area contributed by atoms with Gasteiger partial charge in [0.2, 0.25) is 22.1 Å². The Morgan fingerprint density at radius 3 is 2.39 bits per heavy atom. The number of nitrogens with zero attached hydrogens (tertiary/aromatic N) is 1. The van der Waals surface area contributed by atoms with Crippen LogP contribution < -0.4 is 20.9 Å². The Balaban J connectivity index is 1.69. The highest BCUT2D eigenvalue weighted by molar-refractivity contribution is 7.74. The molecule has 1 aliphatic carbocycles. The molecule has 0 saturated heterocycles. The van der Waals surface area contributed by atoms with E-state index in [0.717, 1.165) is 17.8 Å². The first kappa shape index (κ1) is 37.9. The molecular weight excluding hydrogens is 657 g/mol. The SMILES string of the molecule is C[C@@H](O)CNC(C)(C)CC(=O)N[C@@H]1CCc2cc(C(F)(F)F)ccc2N(CC2=CC=C(c3ccccc3NC(C)(C)C)C(=S(=O)=O)C2)C1=O. The van der Waals surface area contributed by atoms with Crippen molar-refractivity contribution < 1.29 is 36.3 Å². The molecule has 0 bridgehead atoms. The number of benzene rings is 2. The summed E-state index contributed by atoms with van der Waals surface area (Å²) in [7, 11) is -2.62. The van der Waals surface area contributed by atoms with E-state index in [1.54, 1.807) is 32.9 Å². The Labute approximate surface area is 287 Å². The number of para-hydroxylation sites is 1. The molecule has 2 amide bonds. The van der Waals surface area contributed by atoms with Crippen LogP contribution in [0.4, 0.5) is 24.5 Å². The summed E-state index contributed by atoms with van der Waals surface area (Å²) in [6, 6.07) is 9.54. The maximum absolute atomic E-state index is 14.1. The first-order valence-electron chi connectivity index (χ1n) is 16.2. The largest absolute Gasteiger partial charge is 0.416 e. The van der Waals surface area contributed by atoms with Crippen LogP contribution in [0.15, 0.2) is 60.2 Å². The molecule has 0 radical (unpaired) electrons. The number of carbonyl (C=O) groups is 2. The van der Waals surface area contributed by atoms with Crippen molar-refractivity contribution in [2.45, 2.75) is 96.6 Å². The van der Waals surface area contributed by atoms with E-state index in [0.29, 0.717) is 22.3 Å². The Bertz CT molecular complexity index is 1780. The van der Waals surface area contributed by atoms with Crippen LogP contribution in [0, 0.1) is 0 Å². The van der Waals surface area contributed by atoms with Gasteiger partial charge in [-0.1, -0.05) is 30.4 Å². The van der Waals surface area contributed by atoms with Gasteiger partial charge < -0.3 is 26.0 Å². The normalized spacial score (nSPS) is 17.8. The number of carbonyl (C=O) groups excluding carboxylic acids is 2. The van der Waals surface area contributed by atoms with Crippen LogP contribution in [0.1, 0.15) is 77.5 Å². The van der Waals surface area contributed by atoms with E-state index in [1.807, 2.05) is 45.0 Å². The molecule has 4 N–H and O–H groups in total. The van der Waals surface area contributed by atoms with E-state index in [1.165, 1.54) is 11.0 Å². The van der Waals surface area contributed by atoms with Crippen LogP contribution in [-0.2, 0) is 32.5 Å². The number of aryl methyl sites for hydroxylation is 1. The van der Waals surface area contributed by atoms with Gasteiger partial charge in [-0.25, -0.2) is 0 Å². The number of rotatable bonds is 10. The minimum atomic E-state index is -4.60. The highest BCUT2D eigenvalue weighted by Crippen LogP contribution is 2.37. The lowest BCUT2D eigenvalue weighted by atomic mass is 9.91. The number of halogens is 3. The fourth-order valence-corrected chi connectivity index (χ4v) is 6.63.